The third-order valence-electron chi connectivity index (χ3n) is 2.03. The third-order valence-corrected chi connectivity index (χ3v) is 2.03. The van der Waals surface area contributed by atoms with Crippen LogP contribution in [0.5, 0.6) is 11.5 Å². The fourth-order valence-electron chi connectivity index (χ4n) is 1.20. The molecule has 1 rings (SSSR count). The number of aliphatic hydroxyl groups is 1. The number of rotatable bonds is 4. The highest BCUT2D eigenvalue weighted by Gasteiger charge is 2.17. The molecule has 1 aromatic carbocycles. The average Bonchev–Trinajstić information content (AvgIpc) is 2.26. The van der Waals surface area contributed by atoms with E-state index >= 15 is 0 Å². The summed E-state index contributed by atoms with van der Waals surface area (Å²) in [6, 6.07) is 2.94. The summed E-state index contributed by atoms with van der Waals surface area (Å²) in [4.78, 5) is 0. The third kappa shape index (κ3) is 2.61. The van der Waals surface area contributed by atoms with Crippen LogP contribution in [0.25, 0.3) is 0 Å². The van der Waals surface area contributed by atoms with Crippen molar-refractivity contribution >= 4 is 0 Å². The van der Waals surface area contributed by atoms with Crippen LogP contribution in [-0.4, -0.2) is 25.2 Å². The van der Waals surface area contributed by atoms with Gasteiger partial charge in [-0.15, -0.1) is 0 Å². The molecule has 4 nitrogen and oxygen atoms in total. The zero-order chi connectivity index (χ0) is 16.4. The van der Waals surface area contributed by atoms with Gasteiger partial charge in [0.25, 0.3) is 0 Å². The minimum Gasteiger partial charge on any atom is -0.497 e. The Morgan fingerprint density at radius 1 is 1.40 bits per heavy atom. The summed E-state index contributed by atoms with van der Waals surface area (Å²) in [5.74, 6) is -0.166. The quantitative estimate of drug-likeness (QED) is 0.744. The van der Waals surface area contributed by atoms with E-state index in [-0.39, 0.29) is 17.1 Å². The fraction of sp³-hybridized carbons (Fsp3) is 0.455. The lowest BCUT2D eigenvalue weighted by Crippen LogP contribution is -2.24. The molecule has 0 heterocycles. The van der Waals surface area contributed by atoms with Crippen LogP contribution in [-0.2, 0) is 0 Å². The van der Waals surface area contributed by atoms with Crippen molar-refractivity contribution in [3.8, 4) is 11.5 Å². The molecule has 0 bridgehead atoms. The van der Waals surface area contributed by atoms with E-state index in [1.807, 2.05) is 0 Å². The van der Waals surface area contributed by atoms with Crippen molar-refractivity contribution in [1.29, 1.82) is 0 Å². The summed E-state index contributed by atoms with van der Waals surface area (Å²) in [7, 11) is -5.37. The van der Waals surface area contributed by atoms with Crippen LogP contribution in [0.2, 0.25) is 0 Å². The van der Waals surface area contributed by atoms with Gasteiger partial charge in [0.1, 0.15) is 11.5 Å². The number of benzene rings is 1. The largest absolute Gasteiger partial charge is 0.497 e. The van der Waals surface area contributed by atoms with Gasteiger partial charge >= 0.3 is 0 Å². The zero-order valence-electron chi connectivity index (χ0n) is 14.2. The molecular formula is C11H17NO3. The van der Waals surface area contributed by atoms with Crippen LogP contribution in [0.1, 0.15) is 26.8 Å². The van der Waals surface area contributed by atoms with Gasteiger partial charge in [-0.3, -0.25) is 0 Å². The number of methoxy groups -OCH3 is 2. The van der Waals surface area contributed by atoms with E-state index in [2.05, 4.69) is 0 Å². The molecule has 15 heavy (non-hydrogen) atoms. The van der Waals surface area contributed by atoms with Gasteiger partial charge in [-0.2, -0.15) is 0 Å². The normalized spacial score (nSPS) is 22.1. The Hall–Kier alpha value is -1.26. The molecule has 0 spiro atoms. The van der Waals surface area contributed by atoms with Gasteiger partial charge in [-0.05, 0) is 25.1 Å². The fourth-order valence-corrected chi connectivity index (χ4v) is 1.20. The minimum absolute atomic E-state index is 0.0443. The van der Waals surface area contributed by atoms with Gasteiger partial charge in [0.15, 0.2) is 0 Å². The Labute approximate surface area is 98.0 Å². The lowest BCUT2D eigenvalue weighted by atomic mass is 10.0. The second-order valence-electron chi connectivity index (χ2n) is 3.21. The van der Waals surface area contributed by atoms with E-state index in [1.165, 1.54) is 25.1 Å². The molecule has 3 N–H and O–H groups in total. The van der Waals surface area contributed by atoms with Crippen LogP contribution < -0.4 is 15.2 Å². The summed E-state index contributed by atoms with van der Waals surface area (Å²) in [5, 5.41) is 10.0. The van der Waals surface area contributed by atoms with Gasteiger partial charge in [0, 0.05) is 11.6 Å². The summed E-state index contributed by atoms with van der Waals surface area (Å²) >= 11 is 0. The molecule has 1 aromatic rings. The molecule has 1 unspecified atom stereocenters. The minimum atomic E-state index is -2.71. The van der Waals surface area contributed by atoms with E-state index < -0.39 is 26.2 Å². The Balaban J connectivity index is 3.20. The highest BCUT2D eigenvalue weighted by atomic mass is 16.5. The molecule has 0 saturated carbocycles. The Kier molecular flexibility index (Phi) is 1.91. The maximum atomic E-state index is 10.0. The molecule has 0 radical (unpaired) electrons. The van der Waals surface area contributed by atoms with Gasteiger partial charge in [0.2, 0.25) is 0 Å². The Bertz CT molecular complexity index is 486. The number of hydrogen-bond donors (Lipinski definition) is 2. The maximum absolute atomic E-state index is 10.0. The Morgan fingerprint density at radius 2 is 2.13 bits per heavy atom. The molecule has 2 atom stereocenters. The second kappa shape index (κ2) is 5.00. The van der Waals surface area contributed by atoms with Gasteiger partial charge < -0.3 is 20.3 Å². The molecule has 0 aliphatic carbocycles. The SMILES string of the molecule is [2H][13C]([2H])([2H])Oc1ccc(O[13C]([2H])([2H])[2H])c(C(O)[C@H](C)N)c1. The summed E-state index contributed by atoms with van der Waals surface area (Å²) in [6.07, 6.45) is -1.23. The molecule has 84 valence electrons. The lowest BCUT2D eigenvalue weighted by Gasteiger charge is -2.18. The van der Waals surface area contributed by atoms with Crippen LogP contribution >= 0.6 is 0 Å². The molecular weight excluding hydrogens is 196 g/mol. The summed E-state index contributed by atoms with van der Waals surface area (Å²) in [6.45, 7) is 1.51. The van der Waals surface area contributed by atoms with Crippen molar-refractivity contribution in [2.24, 2.45) is 5.73 Å². The topological polar surface area (TPSA) is 64.7 Å². The van der Waals surface area contributed by atoms with Crippen molar-refractivity contribution in [1.82, 2.24) is 0 Å². The van der Waals surface area contributed by atoms with E-state index in [0.29, 0.717) is 0 Å². The first-order valence-corrected chi connectivity index (χ1v) is 4.35. The van der Waals surface area contributed by atoms with E-state index in [4.69, 9.17) is 23.4 Å². The van der Waals surface area contributed by atoms with Crippen molar-refractivity contribution in [3.63, 3.8) is 0 Å². The number of nitrogens with two attached hydrogens (primary N) is 1. The van der Waals surface area contributed by atoms with Crippen molar-refractivity contribution in [2.75, 3.05) is 14.1 Å². The van der Waals surface area contributed by atoms with Gasteiger partial charge in [-0.25, -0.2) is 0 Å². The first-order chi connectivity index (χ1) is 9.39. The van der Waals surface area contributed by atoms with Crippen molar-refractivity contribution in [2.45, 2.75) is 19.1 Å². The van der Waals surface area contributed by atoms with Crippen LogP contribution in [0, 0.1) is 0 Å². The Morgan fingerprint density at radius 3 is 2.73 bits per heavy atom. The first kappa shape index (κ1) is 5.72. The number of ether oxygens (including phenoxy) is 2. The standard InChI is InChI=1S/C11H17NO3/c1-7(12)11(13)9-6-8(14-2)4-5-10(9)15-3/h4-7,11,13H,12H2,1-3H3/t7-,11?/m0/s1/i2+1D3,3+1D3. The van der Waals surface area contributed by atoms with Crippen LogP contribution in [0.4, 0.5) is 0 Å². The van der Waals surface area contributed by atoms with Crippen LogP contribution in [0.3, 0.4) is 0 Å². The predicted molar refractivity (Wildman–Crippen MR) is 58.2 cm³/mol. The van der Waals surface area contributed by atoms with Crippen LogP contribution in [0.15, 0.2) is 18.2 Å². The molecule has 0 fully saturated rings. The van der Waals surface area contributed by atoms with Crippen molar-refractivity contribution < 1.29 is 22.8 Å². The maximum Gasteiger partial charge on any atom is 0.124 e. The molecule has 0 aliphatic heterocycles. The molecule has 0 amide bonds. The summed E-state index contributed by atoms with van der Waals surface area (Å²) in [5.41, 5.74) is 5.62. The highest BCUT2D eigenvalue weighted by molar-refractivity contribution is 5.42. The van der Waals surface area contributed by atoms with E-state index in [9.17, 15) is 5.11 Å². The molecule has 4 heteroatoms. The summed E-state index contributed by atoms with van der Waals surface area (Å²) < 4.78 is 51.9. The molecule has 0 aromatic heterocycles. The number of hydrogen-bond acceptors (Lipinski definition) is 4. The zero-order valence-corrected chi connectivity index (χ0v) is 8.23. The van der Waals surface area contributed by atoms with Gasteiger partial charge in [-0.1, -0.05) is 0 Å². The second-order valence-corrected chi connectivity index (χ2v) is 3.21. The monoisotopic (exact) mass is 219 g/mol. The van der Waals surface area contributed by atoms with Crippen molar-refractivity contribution in [3.05, 3.63) is 23.8 Å². The molecule has 0 saturated heterocycles. The van der Waals surface area contributed by atoms with E-state index in [0.717, 1.165) is 0 Å². The van der Waals surface area contributed by atoms with Gasteiger partial charge in [0.05, 0.1) is 28.4 Å². The number of aliphatic hydroxyl groups excluding tert-OH is 1. The predicted octanol–water partition coefficient (Wildman–Crippen LogP) is 1.08. The first-order valence-electron chi connectivity index (χ1n) is 7.35. The smallest absolute Gasteiger partial charge is 0.124 e. The average molecular weight is 219 g/mol. The highest BCUT2D eigenvalue weighted by Crippen LogP contribution is 2.30. The lowest BCUT2D eigenvalue weighted by molar-refractivity contribution is 0.149. The molecule has 0 aliphatic rings. The van der Waals surface area contributed by atoms with E-state index in [1.54, 1.807) is 0 Å².